The minimum Gasteiger partial charge on any atom is -0.451 e. The molecule has 2 aliphatic heterocycles. The second-order valence-corrected chi connectivity index (χ2v) is 9.04. The highest BCUT2D eigenvalue weighted by molar-refractivity contribution is 8.01. The lowest BCUT2D eigenvalue weighted by molar-refractivity contribution is -0.164. The van der Waals surface area contributed by atoms with Gasteiger partial charge in [0, 0.05) is 5.88 Å². The third-order valence-electron chi connectivity index (χ3n) is 5.14. The van der Waals surface area contributed by atoms with Gasteiger partial charge in [0.15, 0.2) is 6.10 Å². The summed E-state index contributed by atoms with van der Waals surface area (Å²) < 4.78 is 5.45. The molecule has 4 rings (SSSR count). The predicted molar refractivity (Wildman–Crippen MR) is 107 cm³/mol. The van der Waals surface area contributed by atoms with E-state index in [0.29, 0.717) is 6.42 Å². The average molecular weight is 402 g/mol. The molecular weight excluding hydrogens is 382 g/mol. The van der Waals surface area contributed by atoms with Gasteiger partial charge in [-0.25, -0.2) is 4.79 Å². The van der Waals surface area contributed by atoms with Crippen molar-refractivity contribution in [2.45, 2.75) is 35.6 Å². The maximum atomic E-state index is 13.2. The fraction of sp³-hybridized carbons (Fsp3) is 0.333. The third kappa shape index (κ3) is 3.23. The van der Waals surface area contributed by atoms with Crippen molar-refractivity contribution in [1.29, 1.82) is 0 Å². The van der Waals surface area contributed by atoms with Crippen molar-refractivity contribution in [1.82, 2.24) is 4.90 Å². The lowest BCUT2D eigenvalue weighted by atomic mass is 9.97. The highest BCUT2D eigenvalue weighted by Gasteiger charge is 2.61. The molecule has 0 N–H and O–H groups in total. The Morgan fingerprint density at radius 1 is 1.19 bits per heavy atom. The van der Waals surface area contributed by atoms with Crippen molar-refractivity contribution in [3.05, 3.63) is 71.8 Å². The fourth-order valence-corrected chi connectivity index (χ4v) is 5.65. The van der Waals surface area contributed by atoms with Crippen LogP contribution in [0.4, 0.5) is 0 Å². The first-order valence-corrected chi connectivity index (χ1v) is 10.3. The van der Waals surface area contributed by atoms with E-state index in [4.69, 9.17) is 16.3 Å². The first kappa shape index (κ1) is 18.4. The number of benzene rings is 2. The number of rotatable bonds is 5. The molecule has 27 heavy (non-hydrogen) atoms. The highest BCUT2D eigenvalue weighted by atomic mass is 35.5. The molecular formula is C21H20ClNO3S. The SMILES string of the molecule is CC1(CCl)SC2CC(=O)N2C1C(=O)OC(c1ccccc1)c1ccccc1. The number of alkyl halides is 1. The number of esters is 1. The molecule has 3 unspecified atom stereocenters. The number of ether oxygens (including phenoxy) is 1. The lowest BCUT2D eigenvalue weighted by Crippen LogP contribution is -2.58. The minimum absolute atomic E-state index is 0.0146. The molecule has 0 spiro atoms. The molecule has 0 saturated carbocycles. The number of carbonyl (C=O) groups is 2. The minimum atomic E-state index is -0.666. The second kappa shape index (κ2) is 7.21. The molecule has 2 heterocycles. The summed E-state index contributed by atoms with van der Waals surface area (Å²) in [6.45, 7) is 1.93. The molecule has 0 aromatic heterocycles. The fourth-order valence-electron chi connectivity index (χ4n) is 3.71. The van der Waals surface area contributed by atoms with Crippen LogP contribution in [0.2, 0.25) is 0 Å². The summed E-state index contributed by atoms with van der Waals surface area (Å²) in [5.74, 6) is -0.142. The van der Waals surface area contributed by atoms with E-state index in [1.165, 1.54) is 0 Å². The van der Waals surface area contributed by atoms with E-state index in [1.807, 2.05) is 67.6 Å². The monoisotopic (exact) mass is 401 g/mol. The summed E-state index contributed by atoms with van der Waals surface area (Å²) in [5.41, 5.74) is 1.78. The number of carbonyl (C=O) groups excluding carboxylic acids is 2. The van der Waals surface area contributed by atoms with Crippen molar-refractivity contribution in [3.63, 3.8) is 0 Å². The first-order valence-electron chi connectivity index (χ1n) is 8.89. The van der Waals surface area contributed by atoms with E-state index in [2.05, 4.69) is 0 Å². The maximum Gasteiger partial charge on any atom is 0.331 e. The van der Waals surface area contributed by atoms with Crippen LogP contribution in [0.3, 0.4) is 0 Å². The molecule has 0 radical (unpaired) electrons. The van der Waals surface area contributed by atoms with Crippen molar-refractivity contribution in [2.24, 2.45) is 0 Å². The number of hydrogen-bond acceptors (Lipinski definition) is 4. The van der Waals surface area contributed by atoms with Crippen molar-refractivity contribution in [3.8, 4) is 0 Å². The van der Waals surface area contributed by atoms with Crippen LogP contribution in [-0.2, 0) is 14.3 Å². The topological polar surface area (TPSA) is 46.6 Å². The molecule has 2 aliphatic rings. The van der Waals surface area contributed by atoms with Gasteiger partial charge < -0.3 is 9.64 Å². The van der Waals surface area contributed by atoms with Crippen molar-refractivity contribution >= 4 is 35.2 Å². The zero-order valence-electron chi connectivity index (χ0n) is 14.9. The summed E-state index contributed by atoms with van der Waals surface area (Å²) in [7, 11) is 0. The van der Waals surface area contributed by atoms with Gasteiger partial charge in [-0.3, -0.25) is 4.79 Å². The number of halogens is 1. The summed E-state index contributed by atoms with van der Waals surface area (Å²) in [5, 5.41) is 0.0192. The largest absolute Gasteiger partial charge is 0.451 e. The van der Waals surface area contributed by atoms with Gasteiger partial charge in [0.25, 0.3) is 0 Å². The number of β-lactam (4-membered cyclic amide) rings is 1. The lowest BCUT2D eigenvalue weighted by Gasteiger charge is -2.38. The summed E-state index contributed by atoms with van der Waals surface area (Å²) in [4.78, 5) is 27.0. The van der Waals surface area contributed by atoms with Gasteiger partial charge in [-0.05, 0) is 18.1 Å². The van der Waals surface area contributed by atoms with Gasteiger partial charge in [-0.2, -0.15) is 0 Å². The van der Waals surface area contributed by atoms with E-state index < -0.39 is 22.9 Å². The third-order valence-corrected chi connectivity index (χ3v) is 7.42. The van der Waals surface area contributed by atoms with Crippen LogP contribution in [0.15, 0.2) is 60.7 Å². The van der Waals surface area contributed by atoms with Gasteiger partial charge in [0.1, 0.15) is 6.04 Å². The number of fused-ring (bicyclic) bond motifs is 1. The molecule has 6 heteroatoms. The van der Waals surface area contributed by atoms with Crippen LogP contribution in [0.25, 0.3) is 0 Å². The average Bonchev–Trinajstić information content (AvgIpc) is 2.95. The smallest absolute Gasteiger partial charge is 0.331 e. The Balaban J connectivity index is 1.65. The van der Waals surface area contributed by atoms with Crippen LogP contribution in [-0.4, -0.2) is 38.8 Å². The molecule has 0 aliphatic carbocycles. The zero-order valence-corrected chi connectivity index (χ0v) is 16.5. The maximum absolute atomic E-state index is 13.2. The molecule has 2 fully saturated rings. The van der Waals surface area contributed by atoms with Crippen LogP contribution >= 0.6 is 23.4 Å². The quantitative estimate of drug-likeness (QED) is 0.431. The Morgan fingerprint density at radius 3 is 2.22 bits per heavy atom. The first-order chi connectivity index (χ1) is 13.0. The van der Waals surface area contributed by atoms with Gasteiger partial charge >= 0.3 is 5.97 Å². The van der Waals surface area contributed by atoms with E-state index >= 15 is 0 Å². The number of nitrogens with zero attached hydrogens (tertiary/aromatic N) is 1. The van der Waals surface area contributed by atoms with Crippen molar-refractivity contribution in [2.75, 3.05) is 5.88 Å². The highest BCUT2D eigenvalue weighted by Crippen LogP contribution is 2.52. The van der Waals surface area contributed by atoms with Crippen LogP contribution in [0.1, 0.15) is 30.6 Å². The van der Waals surface area contributed by atoms with E-state index in [9.17, 15) is 9.59 Å². The van der Waals surface area contributed by atoms with Crippen molar-refractivity contribution < 1.29 is 14.3 Å². The number of amides is 1. The molecule has 2 aromatic rings. The molecule has 2 aromatic carbocycles. The standard InChI is InChI=1S/C21H20ClNO3S/c1-21(13-22)19(23-16(24)12-17(23)27-21)20(25)26-18(14-8-4-2-5-9-14)15-10-6-3-7-11-15/h2-11,17-19H,12-13H2,1H3. The molecule has 3 atom stereocenters. The summed E-state index contributed by atoms with van der Waals surface area (Å²) in [6, 6.07) is 18.6. The Bertz CT molecular complexity index is 808. The predicted octanol–water partition coefficient (Wildman–Crippen LogP) is 3.99. The Kier molecular flexibility index (Phi) is 4.91. The van der Waals surface area contributed by atoms with E-state index in [1.54, 1.807) is 16.7 Å². The summed E-state index contributed by atoms with van der Waals surface area (Å²) in [6.07, 6.45) is -0.0678. The Hall–Kier alpha value is -1.98. The van der Waals surface area contributed by atoms with Gasteiger partial charge in [0.2, 0.25) is 5.91 Å². The van der Waals surface area contributed by atoms with Gasteiger partial charge in [0.05, 0.1) is 16.5 Å². The van der Waals surface area contributed by atoms with Crippen LogP contribution < -0.4 is 0 Å². The van der Waals surface area contributed by atoms with Gasteiger partial charge in [-0.15, -0.1) is 23.4 Å². The van der Waals surface area contributed by atoms with E-state index in [0.717, 1.165) is 11.1 Å². The molecule has 4 nitrogen and oxygen atoms in total. The molecule has 2 saturated heterocycles. The normalized spacial score (nSPS) is 26.6. The molecule has 0 bridgehead atoms. The van der Waals surface area contributed by atoms with Crippen LogP contribution in [0, 0.1) is 0 Å². The zero-order chi connectivity index (χ0) is 19.0. The van der Waals surface area contributed by atoms with Gasteiger partial charge in [-0.1, -0.05) is 60.7 Å². The molecule has 140 valence electrons. The Morgan fingerprint density at radius 2 is 1.74 bits per heavy atom. The number of thioether (sulfide) groups is 1. The van der Waals surface area contributed by atoms with E-state index in [-0.39, 0.29) is 17.2 Å². The summed E-state index contributed by atoms with van der Waals surface area (Å²) >= 11 is 7.79. The molecule has 1 amide bonds. The second-order valence-electron chi connectivity index (χ2n) is 7.06. The Labute approximate surface area is 167 Å². The number of hydrogen-bond donors (Lipinski definition) is 0. The van der Waals surface area contributed by atoms with Crippen LogP contribution in [0.5, 0.6) is 0 Å².